The molecule has 0 aliphatic heterocycles. The Hall–Kier alpha value is -6.90. The molecule has 246 valence electrons. The van der Waals surface area contributed by atoms with Crippen LogP contribution in [0.15, 0.2) is 217 Å². The van der Waals surface area contributed by atoms with Gasteiger partial charge in [0.05, 0.1) is 0 Å². The minimum Gasteiger partial charge on any atom is -0.456 e. The van der Waals surface area contributed by atoms with Crippen LogP contribution in [0.1, 0.15) is 0 Å². The lowest BCUT2D eigenvalue weighted by atomic mass is 9.99. The number of hydrogen-bond acceptors (Lipinski definition) is 2. The van der Waals surface area contributed by atoms with E-state index in [9.17, 15) is 0 Å². The summed E-state index contributed by atoms with van der Waals surface area (Å²) >= 11 is 0. The largest absolute Gasteiger partial charge is 0.456 e. The van der Waals surface area contributed by atoms with Crippen LogP contribution in [0, 0.1) is 0 Å². The summed E-state index contributed by atoms with van der Waals surface area (Å²) < 4.78 is 6.19. The number of furan rings is 1. The van der Waals surface area contributed by atoms with Crippen molar-refractivity contribution in [1.82, 2.24) is 0 Å². The second-order valence-electron chi connectivity index (χ2n) is 13.0. The molecule has 2 nitrogen and oxygen atoms in total. The van der Waals surface area contributed by atoms with Gasteiger partial charge in [-0.3, -0.25) is 0 Å². The van der Waals surface area contributed by atoms with Crippen molar-refractivity contribution in [2.24, 2.45) is 0 Å². The smallest absolute Gasteiger partial charge is 0.135 e. The first kappa shape index (κ1) is 31.1. The minimum atomic E-state index is 0.875. The van der Waals surface area contributed by atoms with Crippen molar-refractivity contribution < 1.29 is 4.42 Å². The zero-order chi connectivity index (χ0) is 34.7. The Bertz CT molecular complexity index is 2550. The molecule has 0 fully saturated rings. The van der Waals surface area contributed by atoms with Crippen molar-refractivity contribution in [3.63, 3.8) is 0 Å². The number of fused-ring (bicyclic) bond motifs is 1. The maximum absolute atomic E-state index is 6.19. The highest BCUT2D eigenvalue weighted by Gasteiger charge is 2.15. The van der Waals surface area contributed by atoms with Crippen LogP contribution in [0.4, 0.5) is 17.1 Å². The van der Waals surface area contributed by atoms with Crippen molar-refractivity contribution in [2.75, 3.05) is 4.90 Å². The predicted molar refractivity (Wildman–Crippen MR) is 218 cm³/mol. The fourth-order valence-corrected chi connectivity index (χ4v) is 6.97. The van der Waals surface area contributed by atoms with E-state index in [1.807, 2.05) is 18.2 Å². The van der Waals surface area contributed by atoms with Gasteiger partial charge in [0.25, 0.3) is 0 Å². The highest BCUT2D eigenvalue weighted by molar-refractivity contribution is 5.85. The summed E-state index contributed by atoms with van der Waals surface area (Å²) in [5, 5.41) is 1.11. The summed E-state index contributed by atoms with van der Waals surface area (Å²) in [5.74, 6) is 0.875. The summed E-state index contributed by atoms with van der Waals surface area (Å²) in [6.07, 6.45) is 0. The van der Waals surface area contributed by atoms with E-state index in [0.717, 1.165) is 50.5 Å². The maximum Gasteiger partial charge on any atom is 0.135 e. The van der Waals surface area contributed by atoms with Gasteiger partial charge in [-0.2, -0.15) is 0 Å². The normalized spacial score (nSPS) is 11.1. The highest BCUT2D eigenvalue weighted by Crippen LogP contribution is 2.39. The molecular weight excluding hydrogens is 631 g/mol. The minimum absolute atomic E-state index is 0.875. The Labute approximate surface area is 304 Å². The van der Waals surface area contributed by atoms with Crippen LogP contribution in [0.5, 0.6) is 0 Å². The molecule has 9 aromatic rings. The quantitative estimate of drug-likeness (QED) is 0.161. The van der Waals surface area contributed by atoms with Crippen LogP contribution in [0.3, 0.4) is 0 Å². The van der Waals surface area contributed by atoms with E-state index in [-0.39, 0.29) is 0 Å². The Balaban J connectivity index is 1.05. The van der Waals surface area contributed by atoms with Crippen molar-refractivity contribution in [1.29, 1.82) is 0 Å². The predicted octanol–water partition coefficient (Wildman–Crippen LogP) is 14.2. The molecule has 52 heavy (non-hydrogen) atoms. The zero-order valence-electron chi connectivity index (χ0n) is 28.6. The number of para-hydroxylation sites is 1. The third-order valence-corrected chi connectivity index (χ3v) is 9.69. The number of nitrogens with zero attached hydrogens (tertiary/aromatic N) is 1. The average Bonchev–Trinajstić information content (AvgIpc) is 3.67. The lowest BCUT2D eigenvalue weighted by molar-refractivity contribution is 0.631. The van der Waals surface area contributed by atoms with Crippen molar-refractivity contribution in [2.45, 2.75) is 0 Å². The highest BCUT2D eigenvalue weighted by atomic mass is 16.3. The van der Waals surface area contributed by atoms with E-state index < -0.39 is 0 Å². The number of anilines is 3. The van der Waals surface area contributed by atoms with Gasteiger partial charge in [-0.25, -0.2) is 0 Å². The third-order valence-electron chi connectivity index (χ3n) is 9.69. The van der Waals surface area contributed by atoms with Crippen LogP contribution >= 0.6 is 0 Å². The molecule has 1 aromatic heterocycles. The van der Waals surface area contributed by atoms with Crippen molar-refractivity contribution in [3.05, 3.63) is 212 Å². The molecule has 8 aromatic carbocycles. The zero-order valence-corrected chi connectivity index (χ0v) is 28.6. The van der Waals surface area contributed by atoms with Gasteiger partial charge in [0.15, 0.2) is 0 Å². The molecule has 0 radical (unpaired) electrons. The molecular formula is C50H35NO. The Morgan fingerprint density at radius 3 is 1.29 bits per heavy atom. The van der Waals surface area contributed by atoms with Crippen LogP contribution in [0.25, 0.3) is 66.8 Å². The first-order valence-corrected chi connectivity index (χ1v) is 17.7. The summed E-state index contributed by atoms with van der Waals surface area (Å²) in [7, 11) is 0. The second-order valence-corrected chi connectivity index (χ2v) is 13.0. The topological polar surface area (TPSA) is 16.4 Å². The van der Waals surface area contributed by atoms with Gasteiger partial charge in [0, 0.05) is 28.0 Å². The summed E-state index contributed by atoms with van der Waals surface area (Å²) in [4.78, 5) is 2.34. The van der Waals surface area contributed by atoms with Gasteiger partial charge in [0.2, 0.25) is 0 Å². The fourth-order valence-electron chi connectivity index (χ4n) is 6.97. The molecule has 0 spiro atoms. The van der Waals surface area contributed by atoms with Crippen LogP contribution in [-0.2, 0) is 0 Å². The van der Waals surface area contributed by atoms with E-state index in [2.05, 4.69) is 199 Å². The third kappa shape index (κ3) is 6.30. The first-order valence-electron chi connectivity index (χ1n) is 17.7. The summed E-state index contributed by atoms with van der Waals surface area (Å²) in [6, 6.07) is 75.3. The molecule has 0 aliphatic rings. The molecule has 0 atom stereocenters. The summed E-state index contributed by atoms with van der Waals surface area (Å²) in [5.41, 5.74) is 14.7. The van der Waals surface area contributed by atoms with Gasteiger partial charge in [-0.1, -0.05) is 158 Å². The maximum atomic E-state index is 6.19. The average molecular weight is 666 g/mol. The van der Waals surface area contributed by atoms with Crippen LogP contribution in [0.2, 0.25) is 0 Å². The number of hydrogen-bond donors (Lipinski definition) is 0. The fraction of sp³-hybridized carbons (Fsp3) is 0. The monoisotopic (exact) mass is 665 g/mol. The Morgan fingerprint density at radius 2 is 0.692 bits per heavy atom. The Morgan fingerprint density at radius 1 is 0.269 bits per heavy atom. The SMILES string of the molecule is c1ccc(-c2ccc(-c3ccc(N(c4ccc(-c5cccc(-c6cc7ccccc7o6)c5)cc4)c4cccc(-c5ccccc5)c4)cc3)cc2)cc1. The van der Waals surface area contributed by atoms with Crippen molar-refractivity contribution >= 4 is 28.0 Å². The van der Waals surface area contributed by atoms with Gasteiger partial charge >= 0.3 is 0 Å². The van der Waals surface area contributed by atoms with Crippen LogP contribution in [-0.4, -0.2) is 0 Å². The molecule has 0 unspecified atom stereocenters. The second kappa shape index (κ2) is 13.8. The molecule has 9 rings (SSSR count). The van der Waals surface area contributed by atoms with E-state index >= 15 is 0 Å². The van der Waals surface area contributed by atoms with Crippen molar-refractivity contribution in [3.8, 4) is 55.8 Å². The van der Waals surface area contributed by atoms with E-state index in [1.54, 1.807) is 0 Å². The van der Waals surface area contributed by atoms with Crippen LogP contribution < -0.4 is 4.90 Å². The number of rotatable bonds is 8. The summed E-state index contributed by atoms with van der Waals surface area (Å²) in [6.45, 7) is 0. The molecule has 0 amide bonds. The molecule has 0 saturated heterocycles. The van der Waals surface area contributed by atoms with Gasteiger partial charge in [-0.05, 0) is 99.1 Å². The first-order chi connectivity index (χ1) is 25.7. The van der Waals surface area contributed by atoms with E-state index in [4.69, 9.17) is 4.42 Å². The molecule has 0 bridgehead atoms. The molecule has 2 heteroatoms. The lowest BCUT2D eigenvalue weighted by Gasteiger charge is -2.26. The lowest BCUT2D eigenvalue weighted by Crippen LogP contribution is -2.10. The molecule has 0 aliphatic carbocycles. The van der Waals surface area contributed by atoms with Gasteiger partial charge in [0.1, 0.15) is 11.3 Å². The van der Waals surface area contributed by atoms with E-state index in [0.29, 0.717) is 0 Å². The molecule has 0 N–H and O–H groups in total. The van der Waals surface area contributed by atoms with Gasteiger partial charge in [-0.15, -0.1) is 0 Å². The molecule has 0 saturated carbocycles. The Kier molecular flexibility index (Phi) is 8.24. The number of benzene rings is 8. The molecule has 1 heterocycles. The standard InChI is InChI=1S/C50H35NO/c1-3-11-36(12-4-1)38-21-23-39(24-22-38)40-25-29-46(30-26-40)51(48-19-10-17-43(34-48)37-13-5-2-6-14-37)47-31-27-41(28-32-47)42-16-9-18-44(33-42)50-35-45-15-7-8-20-49(45)52-50/h1-35H. The van der Waals surface area contributed by atoms with Gasteiger partial charge < -0.3 is 9.32 Å². The van der Waals surface area contributed by atoms with E-state index in [1.165, 1.54) is 33.4 Å².